The van der Waals surface area contributed by atoms with Crippen molar-refractivity contribution in [2.45, 2.75) is 27.7 Å². The average Bonchev–Trinajstić information content (AvgIpc) is 3.78. The molecule has 1 aliphatic heterocycles. The first-order valence-corrected chi connectivity index (χ1v) is 21.3. The normalized spacial score (nSPS) is 12.6. The predicted octanol–water partition coefficient (Wildman–Crippen LogP) is 10.3. The van der Waals surface area contributed by atoms with Crippen LogP contribution in [0.5, 0.6) is 0 Å². The van der Waals surface area contributed by atoms with Gasteiger partial charge in [0.25, 0.3) is 0 Å². The molecule has 0 nitrogen and oxygen atoms in total. The SMILES string of the molecule is Cc1cc(-c2ccc3sc4ccccc4c3c2)cc(C)c1B1c2ccccc2B(c2c(C)cc(-c3ccc4sc5ccccc5c4c3)cc2C)c2ccccc21. The molecule has 0 saturated carbocycles. The summed E-state index contributed by atoms with van der Waals surface area (Å²) < 4.78 is 5.39. The fourth-order valence-electron chi connectivity index (χ4n) is 10.0. The Hall–Kier alpha value is -5.67. The molecule has 56 heavy (non-hydrogen) atoms. The van der Waals surface area contributed by atoms with Gasteiger partial charge in [0.2, 0.25) is 13.4 Å². The number of hydrogen-bond donors (Lipinski definition) is 0. The molecule has 2 aromatic heterocycles. The molecule has 0 atom stereocenters. The van der Waals surface area contributed by atoms with E-state index in [0.717, 1.165) is 0 Å². The molecule has 0 spiro atoms. The minimum absolute atomic E-state index is 0.156. The molecule has 264 valence electrons. The fourth-order valence-corrected chi connectivity index (χ4v) is 12.2. The Morgan fingerprint density at radius 1 is 0.304 bits per heavy atom. The molecule has 3 heterocycles. The number of hydrogen-bond acceptors (Lipinski definition) is 2. The quantitative estimate of drug-likeness (QED) is 0.157. The molecule has 1 aliphatic rings. The third kappa shape index (κ3) is 5.20. The molecule has 11 rings (SSSR count). The van der Waals surface area contributed by atoms with Gasteiger partial charge in [-0.2, -0.15) is 0 Å². The standard InChI is InChI=1S/C52H38B2S2/c1-31-25-37(35-21-23-49-41(29-35)39-13-5-11-19-47(39)55-49)26-32(2)51(31)53-43-15-7-9-17-45(43)54(46-18-10-8-16-44(46)53)52-33(3)27-38(28-34(52)4)36-22-24-50-42(30-36)40-14-6-12-20-48(40)56-50/h5-30H,1-4H3. The molecule has 0 aliphatic carbocycles. The van der Waals surface area contributed by atoms with E-state index < -0.39 is 0 Å². The Labute approximate surface area is 337 Å². The van der Waals surface area contributed by atoms with Crippen LogP contribution in [-0.4, -0.2) is 13.4 Å². The smallest absolute Gasteiger partial charge is 0.135 e. The number of fused-ring (bicyclic) bond motifs is 8. The third-order valence-electron chi connectivity index (χ3n) is 12.4. The number of benzene rings is 8. The van der Waals surface area contributed by atoms with E-state index in [0.29, 0.717) is 0 Å². The van der Waals surface area contributed by atoms with Gasteiger partial charge in [0.15, 0.2) is 0 Å². The first-order chi connectivity index (χ1) is 27.4. The van der Waals surface area contributed by atoms with Crippen LogP contribution in [0.4, 0.5) is 0 Å². The number of rotatable bonds is 4. The monoisotopic (exact) mass is 748 g/mol. The molecule has 0 N–H and O–H groups in total. The van der Waals surface area contributed by atoms with E-state index in [1.807, 2.05) is 22.7 Å². The average molecular weight is 749 g/mol. The van der Waals surface area contributed by atoms with Crippen LogP contribution < -0.4 is 32.8 Å². The molecule has 0 bridgehead atoms. The van der Waals surface area contributed by atoms with E-state index in [2.05, 4.69) is 185 Å². The van der Waals surface area contributed by atoms with Gasteiger partial charge < -0.3 is 0 Å². The van der Waals surface area contributed by atoms with Crippen molar-refractivity contribution in [2.75, 3.05) is 0 Å². The highest BCUT2D eigenvalue weighted by Gasteiger charge is 2.40. The highest BCUT2D eigenvalue weighted by Crippen LogP contribution is 2.38. The first kappa shape index (κ1) is 33.6. The van der Waals surface area contributed by atoms with E-state index in [9.17, 15) is 0 Å². The van der Waals surface area contributed by atoms with Gasteiger partial charge in [-0.15, -0.1) is 22.7 Å². The maximum absolute atomic E-state index is 2.43. The largest absolute Gasteiger partial charge is 0.240 e. The first-order valence-electron chi connectivity index (χ1n) is 19.6. The maximum atomic E-state index is 2.43. The second-order valence-electron chi connectivity index (χ2n) is 15.8. The van der Waals surface area contributed by atoms with Crippen LogP contribution >= 0.6 is 22.7 Å². The Morgan fingerprint density at radius 3 is 1.00 bits per heavy atom. The minimum Gasteiger partial charge on any atom is -0.135 e. The molecule has 0 fully saturated rings. The Morgan fingerprint density at radius 2 is 0.625 bits per heavy atom. The highest BCUT2D eigenvalue weighted by molar-refractivity contribution is 7.26. The lowest BCUT2D eigenvalue weighted by Crippen LogP contribution is -2.75. The van der Waals surface area contributed by atoms with Gasteiger partial charge in [-0.3, -0.25) is 0 Å². The lowest BCUT2D eigenvalue weighted by molar-refractivity contribution is 1.42. The summed E-state index contributed by atoms with van der Waals surface area (Å²) in [5, 5.41) is 5.38. The van der Waals surface area contributed by atoms with Crippen LogP contribution in [-0.2, 0) is 0 Å². The van der Waals surface area contributed by atoms with E-state index in [-0.39, 0.29) is 13.4 Å². The summed E-state index contributed by atoms with van der Waals surface area (Å²) in [6.45, 7) is 9.61. The second-order valence-corrected chi connectivity index (χ2v) is 18.0. The third-order valence-corrected chi connectivity index (χ3v) is 14.7. The van der Waals surface area contributed by atoms with Crippen molar-refractivity contribution in [1.82, 2.24) is 0 Å². The lowest BCUT2D eigenvalue weighted by Gasteiger charge is -2.34. The van der Waals surface area contributed by atoms with Crippen LogP contribution in [0.25, 0.3) is 62.6 Å². The zero-order chi connectivity index (χ0) is 37.7. The molecule has 0 radical (unpaired) electrons. The van der Waals surface area contributed by atoms with Crippen molar-refractivity contribution in [3.63, 3.8) is 0 Å². The van der Waals surface area contributed by atoms with Gasteiger partial charge >= 0.3 is 0 Å². The molecule has 10 aromatic rings. The Balaban J connectivity index is 1.02. The number of thiophene rings is 2. The number of aryl methyl sites for hydroxylation is 4. The van der Waals surface area contributed by atoms with E-state index >= 15 is 0 Å². The van der Waals surface area contributed by atoms with Crippen molar-refractivity contribution in [3.05, 3.63) is 180 Å². The van der Waals surface area contributed by atoms with Gasteiger partial charge in [0.05, 0.1) is 0 Å². The van der Waals surface area contributed by atoms with Crippen molar-refractivity contribution >= 4 is 109 Å². The minimum atomic E-state index is 0.156. The molecular weight excluding hydrogens is 710 g/mol. The summed E-state index contributed by atoms with van der Waals surface area (Å²) in [6.07, 6.45) is 0. The van der Waals surface area contributed by atoms with Crippen molar-refractivity contribution in [2.24, 2.45) is 0 Å². The second kappa shape index (κ2) is 12.9. The molecule has 0 saturated heterocycles. The summed E-state index contributed by atoms with van der Waals surface area (Å²) >= 11 is 3.76. The predicted molar refractivity (Wildman–Crippen MR) is 251 cm³/mol. The van der Waals surface area contributed by atoms with E-state index in [4.69, 9.17) is 0 Å². The molecule has 0 unspecified atom stereocenters. The van der Waals surface area contributed by atoms with Crippen molar-refractivity contribution in [1.29, 1.82) is 0 Å². The van der Waals surface area contributed by atoms with Gasteiger partial charge in [-0.25, -0.2) is 0 Å². The van der Waals surface area contributed by atoms with Gasteiger partial charge in [0.1, 0.15) is 0 Å². The van der Waals surface area contributed by atoms with Crippen LogP contribution in [0.15, 0.2) is 158 Å². The Bertz CT molecular complexity index is 2910. The summed E-state index contributed by atoms with van der Waals surface area (Å²) in [5.41, 5.74) is 19.0. The summed E-state index contributed by atoms with van der Waals surface area (Å²) in [6, 6.07) is 59.8. The topological polar surface area (TPSA) is 0 Å². The van der Waals surface area contributed by atoms with Crippen LogP contribution in [0.3, 0.4) is 0 Å². The maximum Gasteiger partial charge on any atom is 0.240 e. The van der Waals surface area contributed by atoms with E-state index in [1.165, 1.54) is 118 Å². The Kier molecular flexibility index (Phi) is 7.78. The summed E-state index contributed by atoms with van der Waals surface area (Å²) in [7, 11) is 0. The molecule has 4 heteroatoms. The molecule has 8 aromatic carbocycles. The summed E-state index contributed by atoms with van der Waals surface area (Å²) in [4.78, 5) is 0. The van der Waals surface area contributed by atoms with Gasteiger partial charge in [-0.1, -0.05) is 176 Å². The summed E-state index contributed by atoms with van der Waals surface area (Å²) in [5.74, 6) is 0. The zero-order valence-corrected chi connectivity index (χ0v) is 33.6. The molecular formula is C52H38B2S2. The van der Waals surface area contributed by atoms with Gasteiger partial charge in [0, 0.05) is 40.3 Å². The van der Waals surface area contributed by atoms with E-state index in [1.54, 1.807) is 0 Å². The van der Waals surface area contributed by atoms with Crippen molar-refractivity contribution in [3.8, 4) is 22.3 Å². The van der Waals surface area contributed by atoms with Crippen LogP contribution in [0.2, 0.25) is 0 Å². The molecule has 0 amide bonds. The van der Waals surface area contributed by atoms with Gasteiger partial charge in [-0.05, 0) is 86.3 Å². The lowest BCUT2D eigenvalue weighted by atomic mass is 9.20. The zero-order valence-electron chi connectivity index (χ0n) is 32.0. The fraction of sp³-hybridized carbons (Fsp3) is 0.0769. The highest BCUT2D eigenvalue weighted by atomic mass is 32.1. The van der Waals surface area contributed by atoms with Crippen molar-refractivity contribution < 1.29 is 0 Å². The van der Waals surface area contributed by atoms with Crippen LogP contribution in [0.1, 0.15) is 22.3 Å². The van der Waals surface area contributed by atoms with Crippen LogP contribution in [0, 0.1) is 27.7 Å².